The summed E-state index contributed by atoms with van der Waals surface area (Å²) in [6, 6.07) is 0. The van der Waals surface area contributed by atoms with Crippen molar-refractivity contribution in [1.29, 1.82) is 0 Å². The quantitative estimate of drug-likeness (QED) is 0.172. The molecule has 9 aliphatic rings. The zero-order valence-corrected chi connectivity index (χ0v) is 37.8. The fourth-order valence-corrected chi connectivity index (χ4v) is 16.9. The highest BCUT2D eigenvalue weighted by molar-refractivity contribution is 5.84. The average molecular weight is 806 g/mol. The minimum absolute atomic E-state index is 0.0947. The lowest BCUT2D eigenvalue weighted by Gasteiger charge is -2.73. The van der Waals surface area contributed by atoms with E-state index in [-0.39, 0.29) is 51.2 Å². The number of rotatable bonds is 9. The van der Waals surface area contributed by atoms with Crippen molar-refractivity contribution in [2.45, 2.75) is 151 Å². The van der Waals surface area contributed by atoms with Crippen LogP contribution in [0.15, 0.2) is 0 Å². The number of fused-ring (bicyclic) bond motifs is 7. The molecule has 326 valence electrons. The SMILES string of the molecule is CC1([C@@H]2CC[C@]3(C(=O)N4CCN(CCN5CCOCC5)CC4)CC[C@]4(C)[C@H](CC[C@@H]5[C@@]6(C)CC[C@H](OC(=O)[C@H]7C[C@@H](OC=O)C7(C)C)C(C)(C)[C@@H]6CC[C@]54C)[C@@H]23)CC1. The van der Waals surface area contributed by atoms with Gasteiger partial charge in [0.2, 0.25) is 5.91 Å². The van der Waals surface area contributed by atoms with Gasteiger partial charge in [-0.15, -0.1) is 0 Å². The molecule has 58 heavy (non-hydrogen) atoms. The third-order valence-corrected chi connectivity index (χ3v) is 21.2. The van der Waals surface area contributed by atoms with E-state index in [0.717, 1.165) is 91.3 Å². The second-order valence-electron chi connectivity index (χ2n) is 23.9. The second kappa shape index (κ2) is 14.4. The van der Waals surface area contributed by atoms with E-state index in [2.05, 4.69) is 56.2 Å². The number of esters is 1. The molecule has 2 aliphatic heterocycles. The fourth-order valence-electron chi connectivity index (χ4n) is 16.9. The Morgan fingerprint density at radius 1 is 0.655 bits per heavy atom. The number of amides is 1. The predicted molar refractivity (Wildman–Crippen MR) is 224 cm³/mol. The molecule has 0 radical (unpaired) electrons. The van der Waals surface area contributed by atoms with Crippen LogP contribution in [-0.2, 0) is 28.6 Å². The Morgan fingerprint density at radius 2 is 1.34 bits per heavy atom. The van der Waals surface area contributed by atoms with Crippen LogP contribution in [0, 0.1) is 73.4 Å². The molecule has 2 saturated heterocycles. The van der Waals surface area contributed by atoms with Crippen LogP contribution in [0.1, 0.15) is 139 Å². The van der Waals surface area contributed by atoms with Crippen molar-refractivity contribution in [1.82, 2.24) is 14.7 Å². The van der Waals surface area contributed by atoms with Gasteiger partial charge in [0.05, 0.1) is 24.5 Å². The Kier molecular flexibility index (Phi) is 10.4. The van der Waals surface area contributed by atoms with Crippen LogP contribution in [0.5, 0.6) is 0 Å². The van der Waals surface area contributed by atoms with Crippen molar-refractivity contribution in [3.05, 3.63) is 0 Å². The topological polar surface area (TPSA) is 88.6 Å². The summed E-state index contributed by atoms with van der Waals surface area (Å²) in [5.74, 6) is 3.11. The summed E-state index contributed by atoms with van der Waals surface area (Å²) in [5, 5.41) is 0. The average Bonchev–Trinajstić information content (AvgIpc) is 3.81. The van der Waals surface area contributed by atoms with Crippen molar-refractivity contribution in [2.24, 2.45) is 73.4 Å². The molecule has 0 unspecified atom stereocenters. The van der Waals surface area contributed by atoms with Crippen molar-refractivity contribution in [3.63, 3.8) is 0 Å². The monoisotopic (exact) mass is 806 g/mol. The lowest BCUT2D eigenvalue weighted by Crippen LogP contribution is -2.68. The van der Waals surface area contributed by atoms with Crippen molar-refractivity contribution < 1.29 is 28.6 Å². The molecular formula is C49H79N3O6. The van der Waals surface area contributed by atoms with Crippen molar-refractivity contribution in [3.8, 4) is 0 Å². The number of morpholine rings is 1. The molecule has 7 aliphatic carbocycles. The van der Waals surface area contributed by atoms with E-state index < -0.39 is 5.41 Å². The molecule has 9 heteroatoms. The predicted octanol–water partition coefficient (Wildman–Crippen LogP) is 7.84. The van der Waals surface area contributed by atoms with Crippen molar-refractivity contribution in [2.75, 3.05) is 65.6 Å². The van der Waals surface area contributed by atoms with E-state index >= 15 is 4.79 Å². The summed E-state index contributed by atoms with van der Waals surface area (Å²) in [5.41, 5.74) is 0.348. The number of piperazine rings is 1. The van der Waals surface area contributed by atoms with Gasteiger partial charge in [-0.25, -0.2) is 0 Å². The molecule has 0 spiro atoms. The molecule has 0 bridgehead atoms. The maximum absolute atomic E-state index is 15.3. The largest absolute Gasteiger partial charge is 0.464 e. The van der Waals surface area contributed by atoms with Crippen LogP contribution >= 0.6 is 0 Å². The molecule has 7 saturated carbocycles. The highest BCUT2D eigenvalue weighted by Gasteiger charge is 2.74. The molecule has 0 aromatic heterocycles. The normalized spacial score (nSPS) is 46.7. The summed E-state index contributed by atoms with van der Waals surface area (Å²) in [7, 11) is 0. The first-order valence-corrected chi connectivity index (χ1v) is 24.1. The maximum Gasteiger partial charge on any atom is 0.310 e. The minimum Gasteiger partial charge on any atom is -0.464 e. The summed E-state index contributed by atoms with van der Waals surface area (Å²) in [4.78, 5) is 47.6. The van der Waals surface area contributed by atoms with E-state index in [1.807, 2.05) is 13.8 Å². The smallest absolute Gasteiger partial charge is 0.310 e. The Hall–Kier alpha value is -1.71. The zero-order valence-electron chi connectivity index (χ0n) is 37.8. The Morgan fingerprint density at radius 3 is 2.00 bits per heavy atom. The van der Waals surface area contributed by atoms with E-state index in [1.54, 1.807) is 0 Å². The first-order chi connectivity index (χ1) is 27.4. The Balaban J connectivity index is 0.915. The molecule has 1 amide bonds. The fraction of sp³-hybridized carbons (Fsp3) is 0.939. The van der Waals surface area contributed by atoms with Gasteiger partial charge in [-0.1, -0.05) is 55.4 Å². The highest BCUT2D eigenvalue weighted by atomic mass is 16.6. The molecular weight excluding hydrogens is 727 g/mol. The van der Waals surface area contributed by atoms with Gasteiger partial charge in [-0.3, -0.25) is 24.2 Å². The van der Waals surface area contributed by atoms with Gasteiger partial charge in [-0.05, 0) is 135 Å². The van der Waals surface area contributed by atoms with E-state index in [4.69, 9.17) is 14.2 Å². The van der Waals surface area contributed by atoms with Crippen LogP contribution in [0.25, 0.3) is 0 Å². The van der Waals surface area contributed by atoms with E-state index in [1.165, 1.54) is 51.4 Å². The molecule has 9 nitrogen and oxygen atoms in total. The van der Waals surface area contributed by atoms with Gasteiger partial charge in [0.15, 0.2) is 0 Å². The highest BCUT2D eigenvalue weighted by Crippen LogP contribution is 2.79. The van der Waals surface area contributed by atoms with Gasteiger partial charge >= 0.3 is 5.97 Å². The lowest BCUT2D eigenvalue weighted by molar-refractivity contribution is -0.253. The van der Waals surface area contributed by atoms with Crippen LogP contribution in [0.2, 0.25) is 0 Å². The minimum atomic E-state index is -0.401. The molecule has 0 N–H and O–H groups in total. The lowest BCUT2D eigenvalue weighted by atomic mass is 9.32. The van der Waals surface area contributed by atoms with E-state index in [0.29, 0.717) is 53.8 Å². The third-order valence-electron chi connectivity index (χ3n) is 21.2. The van der Waals surface area contributed by atoms with Gasteiger partial charge in [0, 0.05) is 63.2 Å². The number of carbonyl (C=O) groups is 3. The number of nitrogens with zero attached hydrogens (tertiary/aromatic N) is 3. The Bertz CT molecular complexity index is 1600. The van der Waals surface area contributed by atoms with Gasteiger partial charge < -0.3 is 19.1 Å². The Labute approximate surface area is 350 Å². The van der Waals surface area contributed by atoms with Crippen LogP contribution < -0.4 is 0 Å². The zero-order chi connectivity index (χ0) is 41.1. The molecule has 2 heterocycles. The number of ether oxygens (including phenoxy) is 3. The molecule has 0 aromatic rings. The molecule has 9 rings (SSSR count). The molecule has 9 fully saturated rings. The van der Waals surface area contributed by atoms with Gasteiger partial charge in [-0.2, -0.15) is 0 Å². The summed E-state index contributed by atoms with van der Waals surface area (Å²) < 4.78 is 17.4. The standard InChI is InChI=1S/C49H79N3O6/c1-43(2)35(31-39(43)57-32-53)41(54)58-38-13-14-46(6)36(44(38,3)4)12-15-48(8)37(46)10-9-34-40-33(45(5)17-18-45)11-16-49(40,20-19-47(34,48)7)42(55)52-25-23-50(24-26-52)21-22-51-27-29-56-30-28-51/h32-40H,9-31H2,1-8H3/t33-,34-,35-,36+,37-,38+,39-,40-,46+,47-,48-,49+/m1/s1. The summed E-state index contributed by atoms with van der Waals surface area (Å²) in [6.07, 6.45) is 14.5. The summed E-state index contributed by atoms with van der Waals surface area (Å²) in [6.45, 7) is 29.8. The first kappa shape index (κ1) is 41.6. The maximum atomic E-state index is 15.3. The van der Waals surface area contributed by atoms with Crippen LogP contribution in [0.4, 0.5) is 0 Å². The van der Waals surface area contributed by atoms with Crippen molar-refractivity contribution >= 4 is 18.3 Å². The third kappa shape index (κ3) is 6.15. The van der Waals surface area contributed by atoms with E-state index in [9.17, 15) is 9.59 Å². The van der Waals surface area contributed by atoms with Crippen LogP contribution in [-0.4, -0.2) is 111 Å². The number of hydrogen-bond acceptors (Lipinski definition) is 8. The first-order valence-electron chi connectivity index (χ1n) is 24.1. The summed E-state index contributed by atoms with van der Waals surface area (Å²) >= 11 is 0. The number of carbonyl (C=O) groups excluding carboxylic acids is 3. The molecule has 0 aromatic carbocycles. The van der Waals surface area contributed by atoms with Gasteiger partial charge in [0.25, 0.3) is 6.47 Å². The number of hydrogen-bond donors (Lipinski definition) is 0. The van der Waals surface area contributed by atoms with Gasteiger partial charge in [0.1, 0.15) is 12.2 Å². The molecule has 12 atom stereocenters. The second-order valence-corrected chi connectivity index (χ2v) is 23.9. The van der Waals surface area contributed by atoms with Crippen LogP contribution in [0.3, 0.4) is 0 Å².